The summed E-state index contributed by atoms with van der Waals surface area (Å²) in [5.74, 6) is 0.268. The standard InChI is InChI=1S/C82H66N4/c1-62-37-41-67(42-38-62)82(66-25-11-3-12-26-66)68-45-51-76(52-46-68)85(72-33-19-7-20-34-72)78-55-59-80(60-56-78)86(73-35-21-8-22-36-73)79-57-53-77(54-58-79)84(71-31-17-6-18-32-71)74-47-39-63(40-48-74)61-81(64-23-9-2-10-24-64)65-43-49-75(50-44-65)83(69-27-13-4-14-28-69)70-29-15-5-16-30-70/h2-60,81-82H,61H2,1H3. The van der Waals surface area contributed by atoms with Crippen LogP contribution in [-0.4, -0.2) is 0 Å². The van der Waals surface area contributed by atoms with Crippen molar-refractivity contribution >= 4 is 68.2 Å². The predicted molar refractivity (Wildman–Crippen MR) is 362 cm³/mol. The minimum absolute atomic E-state index is 0.112. The summed E-state index contributed by atoms with van der Waals surface area (Å²) in [5, 5.41) is 0. The highest BCUT2D eigenvalue weighted by atomic mass is 15.2. The molecule has 0 aromatic heterocycles. The summed E-state index contributed by atoms with van der Waals surface area (Å²) in [6.07, 6.45) is 0.850. The van der Waals surface area contributed by atoms with Gasteiger partial charge in [-0.2, -0.15) is 0 Å². The molecule has 0 fully saturated rings. The molecule has 0 amide bonds. The molecule has 13 aromatic carbocycles. The number of nitrogens with zero attached hydrogens (tertiary/aromatic N) is 4. The van der Waals surface area contributed by atoms with Gasteiger partial charge in [0.2, 0.25) is 0 Å². The summed E-state index contributed by atoms with van der Waals surface area (Å²) in [6, 6.07) is 129. The monoisotopic (exact) mass is 1110 g/mol. The van der Waals surface area contributed by atoms with Gasteiger partial charge in [0.15, 0.2) is 0 Å². The largest absolute Gasteiger partial charge is 0.311 e. The van der Waals surface area contributed by atoms with Gasteiger partial charge in [-0.25, -0.2) is 0 Å². The molecule has 4 nitrogen and oxygen atoms in total. The van der Waals surface area contributed by atoms with Crippen LogP contribution in [0.15, 0.2) is 358 Å². The maximum Gasteiger partial charge on any atom is 0.0463 e. The Morgan fingerprint density at radius 2 is 0.395 bits per heavy atom. The Morgan fingerprint density at radius 1 is 0.198 bits per heavy atom. The summed E-state index contributed by atoms with van der Waals surface area (Å²) in [5.41, 5.74) is 21.9. The third kappa shape index (κ3) is 12.1. The van der Waals surface area contributed by atoms with Crippen LogP contribution in [0.4, 0.5) is 68.2 Å². The van der Waals surface area contributed by atoms with Crippen molar-refractivity contribution in [1.82, 2.24) is 0 Å². The highest BCUT2D eigenvalue weighted by Gasteiger charge is 2.22. The van der Waals surface area contributed by atoms with E-state index in [-0.39, 0.29) is 11.8 Å². The molecule has 0 saturated carbocycles. The molecule has 86 heavy (non-hydrogen) atoms. The lowest BCUT2D eigenvalue weighted by Gasteiger charge is -2.29. The van der Waals surface area contributed by atoms with Crippen molar-refractivity contribution in [3.8, 4) is 0 Å². The number of rotatable bonds is 19. The Hall–Kier alpha value is -10.9. The molecule has 0 N–H and O–H groups in total. The Kier molecular flexibility index (Phi) is 16.2. The predicted octanol–water partition coefficient (Wildman–Crippen LogP) is 22.4. The van der Waals surface area contributed by atoms with Gasteiger partial charge in [0.1, 0.15) is 0 Å². The maximum absolute atomic E-state index is 2.35. The molecular formula is C82H66N4. The fourth-order valence-corrected chi connectivity index (χ4v) is 12.0. The molecule has 0 spiro atoms. The molecule has 13 rings (SSSR count). The molecule has 0 aliphatic carbocycles. The van der Waals surface area contributed by atoms with Crippen molar-refractivity contribution in [2.24, 2.45) is 0 Å². The van der Waals surface area contributed by atoms with Crippen molar-refractivity contribution in [1.29, 1.82) is 0 Å². The van der Waals surface area contributed by atoms with E-state index < -0.39 is 0 Å². The van der Waals surface area contributed by atoms with Crippen molar-refractivity contribution in [3.63, 3.8) is 0 Å². The normalized spacial score (nSPS) is 11.7. The van der Waals surface area contributed by atoms with E-state index in [2.05, 4.69) is 384 Å². The van der Waals surface area contributed by atoms with Gasteiger partial charge in [-0.3, -0.25) is 0 Å². The summed E-state index contributed by atoms with van der Waals surface area (Å²) in [7, 11) is 0. The van der Waals surface area contributed by atoms with Crippen LogP contribution in [0.2, 0.25) is 0 Å². The van der Waals surface area contributed by atoms with Gasteiger partial charge in [-0.15, -0.1) is 0 Å². The van der Waals surface area contributed by atoms with E-state index >= 15 is 0 Å². The smallest absolute Gasteiger partial charge is 0.0463 e. The molecule has 2 unspecified atom stereocenters. The fraction of sp³-hybridized carbons (Fsp3) is 0.0488. The second kappa shape index (κ2) is 25.7. The number of hydrogen-bond acceptors (Lipinski definition) is 4. The minimum atomic E-state index is 0.112. The molecular weight excluding hydrogens is 1040 g/mol. The number of anilines is 12. The van der Waals surface area contributed by atoms with E-state index in [9.17, 15) is 0 Å². The Morgan fingerprint density at radius 3 is 0.698 bits per heavy atom. The van der Waals surface area contributed by atoms with Crippen LogP contribution >= 0.6 is 0 Å². The van der Waals surface area contributed by atoms with Crippen LogP contribution < -0.4 is 19.6 Å². The summed E-state index contributed by atoms with van der Waals surface area (Å²) in [6.45, 7) is 2.15. The van der Waals surface area contributed by atoms with Gasteiger partial charge in [0.25, 0.3) is 0 Å². The number of aryl methyl sites for hydroxylation is 1. The summed E-state index contributed by atoms with van der Waals surface area (Å²) in [4.78, 5) is 9.35. The number of hydrogen-bond donors (Lipinski definition) is 0. The molecule has 13 aromatic rings. The highest BCUT2D eigenvalue weighted by Crippen LogP contribution is 2.43. The van der Waals surface area contributed by atoms with Crippen LogP contribution in [0.3, 0.4) is 0 Å². The number of para-hydroxylation sites is 5. The average molecular weight is 1110 g/mol. The van der Waals surface area contributed by atoms with Crippen LogP contribution in [0.5, 0.6) is 0 Å². The number of benzene rings is 13. The molecule has 414 valence electrons. The molecule has 0 aliphatic rings. The van der Waals surface area contributed by atoms with Crippen LogP contribution in [0.1, 0.15) is 50.8 Å². The van der Waals surface area contributed by atoms with Crippen molar-refractivity contribution in [3.05, 3.63) is 397 Å². The molecule has 0 saturated heterocycles. The first kappa shape index (κ1) is 54.3. The fourth-order valence-electron chi connectivity index (χ4n) is 12.0. The molecule has 0 aliphatic heterocycles. The molecule has 0 bridgehead atoms. The Bertz CT molecular complexity index is 4150. The summed E-state index contributed by atoms with van der Waals surface area (Å²) >= 11 is 0. The first-order valence-electron chi connectivity index (χ1n) is 29.7. The second-order valence-electron chi connectivity index (χ2n) is 21.8. The second-order valence-corrected chi connectivity index (χ2v) is 21.8. The Balaban J connectivity index is 0.782. The lowest BCUT2D eigenvalue weighted by molar-refractivity contribution is 0.805. The van der Waals surface area contributed by atoms with Crippen LogP contribution in [-0.2, 0) is 6.42 Å². The lowest BCUT2D eigenvalue weighted by Crippen LogP contribution is -2.13. The zero-order valence-corrected chi connectivity index (χ0v) is 48.2. The van der Waals surface area contributed by atoms with E-state index in [4.69, 9.17) is 0 Å². The van der Waals surface area contributed by atoms with Gasteiger partial charge in [0.05, 0.1) is 0 Å². The van der Waals surface area contributed by atoms with Crippen molar-refractivity contribution in [2.75, 3.05) is 19.6 Å². The average Bonchev–Trinajstić information content (AvgIpc) is 3.72. The van der Waals surface area contributed by atoms with Crippen LogP contribution in [0, 0.1) is 6.92 Å². The first-order chi connectivity index (χ1) is 42.6. The SMILES string of the molecule is Cc1ccc(C(c2ccccc2)c2ccc(N(c3ccccc3)c3ccc(N(c4ccccc4)c4ccc(N(c5ccccc5)c5ccc(CC(c6ccccc6)c6ccc(N(c7ccccc7)c7ccccc7)cc6)cc5)cc4)cc3)cc2)cc1. The lowest BCUT2D eigenvalue weighted by atomic mass is 9.85. The first-order valence-corrected chi connectivity index (χ1v) is 29.7. The zero-order chi connectivity index (χ0) is 57.9. The highest BCUT2D eigenvalue weighted by molar-refractivity contribution is 5.84. The molecule has 2 atom stereocenters. The molecule has 0 radical (unpaired) electrons. The van der Waals surface area contributed by atoms with Gasteiger partial charge < -0.3 is 19.6 Å². The topological polar surface area (TPSA) is 13.0 Å². The third-order valence-corrected chi connectivity index (χ3v) is 16.2. The van der Waals surface area contributed by atoms with Gasteiger partial charge in [-0.1, -0.05) is 218 Å². The van der Waals surface area contributed by atoms with Crippen molar-refractivity contribution < 1.29 is 0 Å². The third-order valence-electron chi connectivity index (χ3n) is 16.2. The zero-order valence-electron chi connectivity index (χ0n) is 48.2. The quantitative estimate of drug-likeness (QED) is 0.0748. The molecule has 0 heterocycles. The van der Waals surface area contributed by atoms with Crippen LogP contribution in [0.25, 0.3) is 0 Å². The van der Waals surface area contributed by atoms with Gasteiger partial charge in [0, 0.05) is 80.1 Å². The Labute approximate surface area is 507 Å². The van der Waals surface area contributed by atoms with E-state index in [1.807, 2.05) is 0 Å². The molecule has 4 heteroatoms. The minimum Gasteiger partial charge on any atom is -0.311 e. The van der Waals surface area contributed by atoms with Gasteiger partial charge in [-0.05, 0) is 192 Å². The van der Waals surface area contributed by atoms with Crippen molar-refractivity contribution in [2.45, 2.75) is 25.2 Å². The van der Waals surface area contributed by atoms with E-state index in [0.717, 1.165) is 74.7 Å². The van der Waals surface area contributed by atoms with E-state index in [1.54, 1.807) is 0 Å². The maximum atomic E-state index is 2.35. The van der Waals surface area contributed by atoms with Gasteiger partial charge >= 0.3 is 0 Å². The van der Waals surface area contributed by atoms with E-state index in [1.165, 1.54) is 38.9 Å². The summed E-state index contributed by atoms with van der Waals surface area (Å²) < 4.78 is 0. The van der Waals surface area contributed by atoms with E-state index in [0.29, 0.717) is 0 Å².